The van der Waals surface area contributed by atoms with Crippen molar-refractivity contribution in [2.45, 2.75) is 13.0 Å². The number of pyridine rings is 1. The zero-order valence-electron chi connectivity index (χ0n) is 12.1. The summed E-state index contributed by atoms with van der Waals surface area (Å²) >= 11 is 1.46. The van der Waals surface area contributed by atoms with Crippen LogP contribution < -0.4 is 5.32 Å². The lowest BCUT2D eigenvalue weighted by molar-refractivity contribution is 0.0938. The number of nitrogens with one attached hydrogen (secondary N) is 1. The molecule has 0 saturated heterocycles. The van der Waals surface area contributed by atoms with Gasteiger partial charge in [-0.3, -0.25) is 9.78 Å². The van der Waals surface area contributed by atoms with E-state index in [1.807, 2.05) is 55.5 Å². The predicted molar refractivity (Wildman–Crippen MR) is 86.8 cm³/mol. The first-order chi connectivity index (χ1) is 10.7. The molecule has 1 aromatic carbocycles. The molecule has 3 aromatic rings. The van der Waals surface area contributed by atoms with Crippen LogP contribution in [0.2, 0.25) is 0 Å². The first-order valence-corrected chi connectivity index (χ1v) is 7.81. The van der Waals surface area contributed by atoms with Gasteiger partial charge in [-0.1, -0.05) is 36.4 Å². The van der Waals surface area contributed by atoms with Crippen LogP contribution in [0.4, 0.5) is 0 Å². The molecule has 1 N–H and O–H groups in total. The molecule has 1 atom stereocenters. The summed E-state index contributed by atoms with van der Waals surface area (Å²) in [5.41, 5.74) is 2.23. The standard InChI is InChI=1S/C17H15N3OS/c1-12-19-15(11-22-12)17(21)20-16(13-7-3-2-4-8-13)14-9-5-6-10-18-14/h2-11,16H,1H3,(H,20,21)/t16-/m1/s1. The minimum Gasteiger partial charge on any atom is -0.338 e. The highest BCUT2D eigenvalue weighted by atomic mass is 32.1. The third kappa shape index (κ3) is 3.20. The molecule has 0 aliphatic rings. The van der Waals surface area contributed by atoms with E-state index in [0.717, 1.165) is 16.3 Å². The van der Waals surface area contributed by atoms with E-state index in [-0.39, 0.29) is 11.9 Å². The Labute approximate surface area is 132 Å². The highest BCUT2D eigenvalue weighted by molar-refractivity contribution is 7.09. The van der Waals surface area contributed by atoms with Gasteiger partial charge in [0, 0.05) is 11.6 Å². The highest BCUT2D eigenvalue weighted by Gasteiger charge is 2.19. The van der Waals surface area contributed by atoms with E-state index in [0.29, 0.717) is 5.69 Å². The zero-order chi connectivity index (χ0) is 15.4. The fourth-order valence-electron chi connectivity index (χ4n) is 2.19. The summed E-state index contributed by atoms with van der Waals surface area (Å²) in [7, 11) is 0. The third-order valence-electron chi connectivity index (χ3n) is 3.24. The van der Waals surface area contributed by atoms with Gasteiger partial charge in [0.15, 0.2) is 0 Å². The molecule has 3 rings (SSSR count). The van der Waals surface area contributed by atoms with Crippen molar-refractivity contribution in [1.82, 2.24) is 15.3 Å². The van der Waals surface area contributed by atoms with Gasteiger partial charge in [0.25, 0.3) is 5.91 Å². The van der Waals surface area contributed by atoms with Crippen molar-refractivity contribution < 1.29 is 4.79 Å². The maximum atomic E-state index is 12.4. The highest BCUT2D eigenvalue weighted by Crippen LogP contribution is 2.20. The van der Waals surface area contributed by atoms with Crippen LogP contribution in [-0.2, 0) is 0 Å². The predicted octanol–water partition coefficient (Wildman–Crippen LogP) is 3.37. The SMILES string of the molecule is Cc1nc(C(=O)N[C@H](c2ccccc2)c2ccccn2)cs1. The van der Waals surface area contributed by atoms with Crippen molar-refractivity contribution in [2.75, 3.05) is 0 Å². The average molecular weight is 309 g/mol. The van der Waals surface area contributed by atoms with Crippen molar-refractivity contribution in [3.05, 3.63) is 82.1 Å². The van der Waals surface area contributed by atoms with Crippen LogP contribution >= 0.6 is 11.3 Å². The van der Waals surface area contributed by atoms with Crippen molar-refractivity contribution in [3.8, 4) is 0 Å². The third-order valence-corrected chi connectivity index (χ3v) is 4.02. The minimum absolute atomic E-state index is 0.191. The number of amides is 1. The Kier molecular flexibility index (Phi) is 4.25. The Balaban J connectivity index is 1.91. The van der Waals surface area contributed by atoms with E-state index >= 15 is 0 Å². The zero-order valence-corrected chi connectivity index (χ0v) is 12.9. The Hall–Kier alpha value is -2.53. The lowest BCUT2D eigenvalue weighted by atomic mass is 10.0. The number of benzene rings is 1. The maximum Gasteiger partial charge on any atom is 0.271 e. The van der Waals surface area contributed by atoms with Crippen molar-refractivity contribution in [1.29, 1.82) is 0 Å². The van der Waals surface area contributed by atoms with Gasteiger partial charge in [-0.25, -0.2) is 4.98 Å². The van der Waals surface area contributed by atoms with E-state index in [1.165, 1.54) is 11.3 Å². The normalized spacial score (nSPS) is 11.9. The second-order valence-corrected chi connectivity index (χ2v) is 5.89. The molecule has 0 spiro atoms. The van der Waals surface area contributed by atoms with Gasteiger partial charge in [-0.05, 0) is 24.6 Å². The summed E-state index contributed by atoms with van der Waals surface area (Å²) in [4.78, 5) is 21.0. The van der Waals surface area contributed by atoms with Crippen LogP contribution in [0, 0.1) is 6.92 Å². The Morgan fingerprint density at radius 2 is 1.91 bits per heavy atom. The van der Waals surface area contributed by atoms with Gasteiger partial charge in [0.1, 0.15) is 5.69 Å². The molecule has 0 aliphatic heterocycles. The fraction of sp³-hybridized carbons (Fsp3) is 0.118. The van der Waals surface area contributed by atoms with Crippen LogP contribution in [0.3, 0.4) is 0 Å². The van der Waals surface area contributed by atoms with Crippen LogP contribution in [0.15, 0.2) is 60.1 Å². The summed E-state index contributed by atoms with van der Waals surface area (Å²) < 4.78 is 0. The molecule has 22 heavy (non-hydrogen) atoms. The summed E-state index contributed by atoms with van der Waals surface area (Å²) in [5.74, 6) is -0.191. The fourth-order valence-corrected chi connectivity index (χ4v) is 2.79. The van der Waals surface area contributed by atoms with Crippen molar-refractivity contribution >= 4 is 17.2 Å². The molecule has 0 aliphatic carbocycles. The van der Waals surface area contributed by atoms with Gasteiger partial charge in [-0.2, -0.15) is 0 Å². The second kappa shape index (κ2) is 6.49. The number of rotatable bonds is 4. The number of hydrogen-bond donors (Lipinski definition) is 1. The Bertz CT molecular complexity index is 716. The number of aryl methyl sites for hydroxylation is 1. The molecule has 0 radical (unpaired) electrons. The molecule has 110 valence electrons. The monoisotopic (exact) mass is 309 g/mol. The van der Waals surface area contributed by atoms with Crippen LogP contribution in [0.25, 0.3) is 0 Å². The first kappa shape index (κ1) is 14.4. The van der Waals surface area contributed by atoms with E-state index in [2.05, 4.69) is 15.3 Å². The lowest BCUT2D eigenvalue weighted by Crippen LogP contribution is -2.30. The van der Waals surface area contributed by atoms with Crippen LogP contribution in [0.5, 0.6) is 0 Å². The maximum absolute atomic E-state index is 12.4. The van der Waals surface area contributed by atoms with Crippen molar-refractivity contribution in [2.24, 2.45) is 0 Å². The summed E-state index contributed by atoms with van der Waals surface area (Å²) in [5, 5.41) is 5.67. The largest absolute Gasteiger partial charge is 0.338 e. The second-order valence-electron chi connectivity index (χ2n) is 4.82. The molecule has 0 saturated carbocycles. The molecular weight excluding hydrogens is 294 g/mol. The Morgan fingerprint density at radius 3 is 2.55 bits per heavy atom. The van der Waals surface area contributed by atoms with Gasteiger partial charge in [0.05, 0.1) is 16.7 Å². The van der Waals surface area contributed by atoms with Crippen LogP contribution in [-0.4, -0.2) is 15.9 Å². The van der Waals surface area contributed by atoms with E-state index in [1.54, 1.807) is 11.6 Å². The van der Waals surface area contributed by atoms with E-state index in [4.69, 9.17) is 0 Å². The summed E-state index contributed by atoms with van der Waals surface area (Å²) in [6.07, 6.45) is 1.73. The molecular formula is C17H15N3OS. The van der Waals surface area contributed by atoms with E-state index < -0.39 is 0 Å². The topological polar surface area (TPSA) is 54.9 Å². The number of nitrogens with zero attached hydrogens (tertiary/aromatic N) is 2. The summed E-state index contributed by atoms with van der Waals surface area (Å²) in [6, 6.07) is 15.2. The smallest absolute Gasteiger partial charge is 0.271 e. The Morgan fingerprint density at radius 1 is 1.14 bits per heavy atom. The number of thiazole rings is 1. The van der Waals surface area contributed by atoms with Gasteiger partial charge >= 0.3 is 0 Å². The number of carbonyl (C=O) groups is 1. The molecule has 4 nitrogen and oxygen atoms in total. The molecule has 0 unspecified atom stereocenters. The molecule has 2 aromatic heterocycles. The molecule has 2 heterocycles. The van der Waals surface area contributed by atoms with Crippen LogP contribution in [0.1, 0.15) is 32.8 Å². The average Bonchev–Trinajstić information content (AvgIpc) is 3.01. The minimum atomic E-state index is -0.295. The molecule has 5 heteroatoms. The van der Waals surface area contributed by atoms with Gasteiger partial charge in [0.2, 0.25) is 0 Å². The number of aromatic nitrogens is 2. The molecule has 0 fully saturated rings. The number of hydrogen-bond acceptors (Lipinski definition) is 4. The molecule has 1 amide bonds. The first-order valence-electron chi connectivity index (χ1n) is 6.93. The van der Waals surface area contributed by atoms with E-state index in [9.17, 15) is 4.79 Å². The molecule has 0 bridgehead atoms. The van der Waals surface area contributed by atoms with Crippen molar-refractivity contribution in [3.63, 3.8) is 0 Å². The summed E-state index contributed by atoms with van der Waals surface area (Å²) in [6.45, 7) is 1.88. The van der Waals surface area contributed by atoms with Gasteiger partial charge < -0.3 is 5.32 Å². The quantitative estimate of drug-likeness (QED) is 0.804. The lowest BCUT2D eigenvalue weighted by Gasteiger charge is -2.18. The number of carbonyl (C=O) groups excluding carboxylic acids is 1. The van der Waals surface area contributed by atoms with Gasteiger partial charge in [-0.15, -0.1) is 11.3 Å².